The number of hydrogen-bond acceptors (Lipinski definition) is 4. The van der Waals surface area contributed by atoms with Crippen molar-refractivity contribution in [3.8, 4) is 0 Å². The number of rotatable bonds is 8. The number of amides is 2. The Morgan fingerprint density at radius 3 is 2.50 bits per heavy atom. The van der Waals surface area contributed by atoms with Gasteiger partial charge in [-0.25, -0.2) is 13.2 Å². The van der Waals surface area contributed by atoms with Crippen molar-refractivity contribution in [1.29, 1.82) is 0 Å². The van der Waals surface area contributed by atoms with Gasteiger partial charge in [0.05, 0.1) is 16.2 Å². The van der Waals surface area contributed by atoms with Gasteiger partial charge in [-0.3, -0.25) is 19.7 Å². The molecule has 2 aromatic rings. The maximum Gasteiger partial charge on any atom is 0.276 e. The van der Waals surface area contributed by atoms with Gasteiger partial charge in [0.2, 0.25) is 11.8 Å². The highest BCUT2D eigenvalue weighted by molar-refractivity contribution is 5.98. The molecule has 0 saturated carbocycles. The number of nitrogens with zero attached hydrogens (tertiary/aromatic N) is 2. The molecular weight excluding hydrogens is 403 g/mol. The average Bonchev–Trinajstić information content (AvgIpc) is 2.72. The van der Waals surface area contributed by atoms with E-state index in [1.54, 1.807) is 13.0 Å². The van der Waals surface area contributed by atoms with Gasteiger partial charge in [0.25, 0.3) is 5.69 Å². The highest BCUT2D eigenvalue weighted by atomic mass is 19.2. The van der Waals surface area contributed by atoms with Crippen molar-refractivity contribution in [2.45, 2.75) is 13.3 Å². The van der Waals surface area contributed by atoms with E-state index >= 15 is 0 Å². The van der Waals surface area contributed by atoms with Crippen LogP contribution < -0.4 is 5.32 Å². The zero-order valence-electron chi connectivity index (χ0n) is 15.9. The van der Waals surface area contributed by atoms with Crippen LogP contribution in [0.1, 0.15) is 18.9 Å². The van der Waals surface area contributed by atoms with Gasteiger partial charge >= 0.3 is 0 Å². The van der Waals surface area contributed by atoms with Crippen LogP contribution in [0.2, 0.25) is 0 Å². The summed E-state index contributed by atoms with van der Waals surface area (Å²) in [5.74, 6) is -6.08. The van der Waals surface area contributed by atoms with Crippen molar-refractivity contribution >= 4 is 29.3 Å². The number of carbonyl (C=O) groups excluding carboxylic acids is 2. The summed E-state index contributed by atoms with van der Waals surface area (Å²) in [5, 5.41) is 13.1. The number of anilines is 1. The molecule has 0 aliphatic carbocycles. The first-order valence-electron chi connectivity index (χ1n) is 8.88. The van der Waals surface area contributed by atoms with Crippen LogP contribution in [-0.2, 0) is 9.59 Å². The second kappa shape index (κ2) is 10.2. The number of nitro groups is 1. The van der Waals surface area contributed by atoms with Crippen LogP contribution in [0.25, 0.3) is 6.08 Å². The Hall–Kier alpha value is -3.69. The summed E-state index contributed by atoms with van der Waals surface area (Å²) in [5.41, 5.74) is -0.533. The van der Waals surface area contributed by atoms with Crippen LogP contribution in [0, 0.1) is 27.6 Å². The lowest BCUT2D eigenvalue weighted by Gasteiger charge is -2.20. The minimum Gasteiger partial charge on any atom is -0.330 e. The fraction of sp³-hybridized carbons (Fsp3) is 0.200. The van der Waals surface area contributed by atoms with Gasteiger partial charge < -0.3 is 10.2 Å². The van der Waals surface area contributed by atoms with E-state index in [4.69, 9.17) is 0 Å². The van der Waals surface area contributed by atoms with E-state index in [0.717, 1.165) is 17.0 Å². The Morgan fingerprint density at radius 2 is 1.83 bits per heavy atom. The first kappa shape index (κ1) is 22.6. The first-order chi connectivity index (χ1) is 14.2. The molecule has 1 N–H and O–H groups in total. The van der Waals surface area contributed by atoms with Gasteiger partial charge in [-0.05, 0) is 30.7 Å². The van der Waals surface area contributed by atoms with E-state index in [0.29, 0.717) is 12.5 Å². The number of hydrogen-bond donors (Lipinski definition) is 1. The summed E-state index contributed by atoms with van der Waals surface area (Å²) in [7, 11) is 0. The lowest BCUT2D eigenvalue weighted by molar-refractivity contribution is -0.385. The van der Waals surface area contributed by atoms with E-state index in [1.807, 2.05) is 0 Å². The molecule has 0 aliphatic rings. The predicted molar refractivity (Wildman–Crippen MR) is 104 cm³/mol. The maximum absolute atomic E-state index is 13.7. The summed E-state index contributed by atoms with van der Waals surface area (Å²) in [6, 6.07) is 7.35. The van der Waals surface area contributed by atoms with E-state index in [2.05, 4.69) is 5.32 Å². The Balaban J connectivity index is 2.12. The lowest BCUT2D eigenvalue weighted by atomic mass is 10.1. The Morgan fingerprint density at radius 1 is 1.13 bits per heavy atom. The Labute approximate surface area is 170 Å². The molecule has 2 rings (SSSR count). The van der Waals surface area contributed by atoms with Crippen LogP contribution in [-0.4, -0.2) is 34.7 Å². The van der Waals surface area contributed by atoms with Crippen molar-refractivity contribution in [3.63, 3.8) is 0 Å². The van der Waals surface area contributed by atoms with Crippen LogP contribution in [0.4, 0.5) is 24.5 Å². The van der Waals surface area contributed by atoms with Crippen molar-refractivity contribution < 1.29 is 27.7 Å². The van der Waals surface area contributed by atoms with E-state index in [9.17, 15) is 32.9 Å². The highest BCUT2D eigenvalue weighted by Gasteiger charge is 2.19. The van der Waals surface area contributed by atoms with Gasteiger partial charge in [0, 0.05) is 18.7 Å². The SMILES string of the molecule is CCCN(CC(=O)Nc1ccc(F)c(F)c1F)C(=O)/C=C/c1ccccc1[N+](=O)[O-]. The number of nitrogens with one attached hydrogen (secondary N) is 1. The molecule has 30 heavy (non-hydrogen) atoms. The molecule has 158 valence electrons. The molecular formula is C20H18F3N3O4. The van der Waals surface area contributed by atoms with Crippen LogP contribution in [0.5, 0.6) is 0 Å². The summed E-state index contributed by atoms with van der Waals surface area (Å²) < 4.78 is 40.0. The summed E-state index contributed by atoms with van der Waals surface area (Å²) in [4.78, 5) is 36.2. The van der Waals surface area contributed by atoms with Crippen molar-refractivity contribution in [3.05, 3.63) is 75.6 Å². The molecule has 7 nitrogen and oxygen atoms in total. The van der Waals surface area contributed by atoms with Crippen molar-refractivity contribution in [2.75, 3.05) is 18.4 Å². The minimum atomic E-state index is -1.72. The van der Waals surface area contributed by atoms with E-state index in [-0.39, 0.29) is 17.8 Å². The maximum atomic E-state index is 13.7. The molecule has 0 radical (unpaired) electrons. The van der Waals surface area contributed by atoms with Crippen LogP contribution in [0.3, 0.4) is 0 Å². The Kier molecular flexibility index (Phi) is 7.68. The monoisotopic (exact) mass is 421 g/mol. The van der Waals surface area contributed by atoms with Gasteiger partial charge in [-0.2, -0.15) is 0 Å². The van der Waals surface area contributed by atoms with Crippen molar-refractivity contribution in [2.24, 2.45) is 0 Å². The quantitative estimate of drug-likeness (QED) is 0.303. The Bertz CT molecular complexity index is 995. The average molecular weight is 421 g/mol. The molecule has 0 atom stereocenters. The number of halogens is 3. The normalized spacial score (nSPS) is 10.8. The fourth-order valence-electron chi connectivity index (χ4n) is 2.58. The van der Waals surface area contributed by atoms with Crippen molar-refractivity contribution in [1.82, 2.24) is 4.90 Å². The number of nitro benzene ring substituents is 1. The molecule has 10 heteroatoms. The molecule has 0 aliphatic heterocycles. The summed E-state index contributed by atoms with van der Waals surface area (Å²) in [6.45, 7) is 1.46. The molecule has 2 aromatic carbocycles. The predicted octanol–water partition coefficient (Wildman–Crippen LogP) is 3.90. The minimum absolute atomic E-state index is 0.174. The number of para-hydroxylation sites is 1. The first-order valence-corrected chi connectivity index (χ1v) is 8.88. The van der Waals surface area contributed by atoms with E-state index in [1.165, 1.54) is 24.3 Å². The molecule has 0 unspecified atom stereocenters. The second-order valence-corrected chi connectivity index (χ2v) is 6.18. The van der Waals surface area contributed by atoms with Gasteiger partial charge in [0.15, 0.2) is 17.5 Å². The topological polar surface area (TPSA) is 92.6 Å². The molecule has 0 fully saturated rings. The van der Waals surface area contributed by atoms with E-state index < -0.39 is 46.4 Å². The third kappa shape index (κ3) is 5.66. The molecule has 0 saturated heterocycles. The molecule has 0 heterocycles. The molecule has 0 aromatic heterocycles. The fourth-order valence-corrected chi connectivity index (χ4v) is 2.58. The zero-order valence-corrected chi connectivity index (χ0v) is 15.9. The van der Waals surface area contributed by atoms with Gasteiger partial charge in [-0.1, -0.05) is 19.1 Å². The van der Waals surface area contributed by atoms with Crippen LogP contribution >= 0.6 is 0 Å². The third-order valence-corrected chi connectivity index (χ3v) is 3.99. The van der Waals surface area contributed by atoms with Gasteiger partial charge in [-0.15, -0.1) is 0 Å². The number of carbonyl (C=O) groups is 2. The van der Waals surface area contributed by atoms with Gasteiger partial charge in [0.1, 0.15) is 6.54 Å². The third-order valence-electron chi connectivity index (χ3n) is 3.99. The standard InChI is InChI=1S/C20H18F3N3O4/c1-2-11-25(12-17(27)24-15-9-8-14(21)19(22)20(15)23)18(28)10-7-13-5-3-4-6-16(13)26(29)30/h3-10H,2,11-12H2,1H3,(H,24,27)/b10-7+. The zero-order chi connectivity index (χ0) is 22.3. The van der Waals surface area contributed by atoms with Crippen LogP contribution in [0.15, 0.2) is 42.5 Å². The summed E-state index contributed by atoms with van der Waals surface area (Å²) in [6.07, 6.45) is 2.84. The molecule has 2 amide bonds. The molecule has 0 bridgehead atoms. The second-order valence-electron chi connectivity index (χ2n) is 6.18. The molecule has 0 spiro atoms. The largest absolute Gasteiger partial charge is 0.330 e. The number of benzene rings is 2. The highest BCUT2D eigenvalue weighted by Crippen LogP contribution is 2.20. The lowest BCUT2D eigenvalue weighted by Crippen LogP contribution is -2.37. The summed E-state index contributed by atoms with van der Waals surface area (Å²) >= 11 is 0. The smallest absolute Gasteiger partial charge is 0.276 e.